The van der Waals surface area contributed by atoms with Gasteiger partial charge in [-0.1, -0.05) is 11.8 Å². The molecule has 0 radical (unpaired) electrons. The van der Waals surface area contributed by atoms with Gasteiger partial charge in [-0.2, -0.15) is 0 Å². The van der Waals surface area contributed by atoms with Crippen LogP contribution in [-0.2, 0) is 10.3 Å². The minimum atomic E-state index is -0.813. The van der Waals surface area contributed by atoms with Gasteiger partial charge >= 0.3 is 0 Å². The molecule has 0 aliphatic carbocycles. The van der Waals surface area contributed by atoms with Crippen LogP contribution in [0.15, 0.2) is 41.5 Å². The lowest BCUT2D eigenvalue weighted by Crippen LogP contribution is -2.47. The van der Waals surface area contributed by atoms with Gasteiger partial charge in [0.15, 0.2) is 5.17 Å². The van der Waals surface area contributed by atoms with Crippen LogP contribution in [-0.4, -0.2) is 35.0 Å². The second-order valence-corrected chi connectivity index (χ2v) is 7.76. The number of anilines is 1. The Morgan fingerprint density at radius 1 is 1.32 bits per heavy atom. The number of rotatable bonds is 3. The summed E-state index contributed by atoms with van der Waals surface area (Å²) in [5.74, 6) is -0.784. The summed E-state index contributed by atoms with van der Waals surface area (Å²) in [5.41, 5.74) is 6.00. The predicted molar refractivity (Wildman–Crippen MR) is 103 cm³/mol. The lowest BCUT2D eigenvalue weighted by atomic mass is 9.75. The summed E-state index contributed by atoms with van der Waals surface area (Å²) in [7, 11) is 0. The molecule has 2 aliphatic rings. The van der Waals surface area contributed by atoms with E-state index in [1.807, 2.05) is 0 Å². The number of amidine groups is 1. The number of halogens is 2. The molecular formula is C19H18F2N4O2S. The summed E-state index contributed by atoms with van der Waals surface area (Å²) in [5, 5.41) is 3.10. The number of hydrogen-bond acceptors (Lipinski definition) is 6. The highest BCUT2D eigenvalue weighted by atomic mass is 32.2. The molecule has 6 nitrogen and oxygen atoms in total. The molecule has 1 fully saturated rings. The van der Waals surface area contributed by atoms with Gasteiger partial charge in [0.2, 0.25) is 0 Å². The smallest absolute Gasteiger partial charge is 0.274 e. The number of benzene rings is 1. The molecule has 0 bridgehead atoms. The molecule has 2 aromatic rings. The predicted octanol–water partition coefficient (Wildman–Crippen LogP) is 2.91. The SMILES string of the molecule is NC1=N[C@@]2(c3cc(NC(=O)c4ccc(F)cn4)ccc3F)CCOCC2CS1. The fourth-order valence-electron chi connectivity index (χ4n) is 3.60. The number of nitrogens with two attached hydrogens (primary N) is 1. The van der Waals surface area contributed by atoms with Gasteiger partial charge in [-0.05, 0) is 30.3 Å². The maximum atomic E-state index is 14.8. The number of nitrogens with zero attached hydrogens (tertiary/aromatic N) is 2. The van der Waals surface area contributed by atoms with E-state index in [-0.39, 0.29) is 11.6 Å². The lowest BCUT2D eigenvalue weighted by molar-refractivity contribution is 0.00886. The van der Waals surface area contributed by atoms with Crippen LogP contribution in [0, 0.1) is 17.6 Å². The van der Waals surface area contributed by atoms with E-state index in [0.29, 0.717) is 41.8 Å². The number of carbonyl (C=O) groups is 1. The molecule has 2 aliphatic heterocycles. The van der Waals surface area contributed by atoms with E-state index < -0.39 is 23.1 Å². The molecule has 9 heteroatoms. The van der Waals surface area contributed by atoms with E-state index in [9.17, 15) is 13.6 Å². The van der Waals surface area contributed by atoms with Crippen molar-refractivity contribution < 1.29 is 18.3 Å². The van der Waals surface area contributed by atoms with Crippen LogP contribution < -0.4 is 11.1 Å². The third-order valence-corrected chi connectivity index (χ3v) is 5.97. The Morgan fingerprint density at radius 2 is 2.18 bits per heavy atom. The van der Waals surface area contributed by atoms with Gasteiger partial charge in [-0.3, -0.25) is 9.79 Å². The normalized spacial score (nSPS) is 24.2. The highest BCUT2D eigenvalue weighted by molar-refractivity contribution is 8.13. The number of carbonyl (C=O) groups excluding carboxylic acids is 1. The van der Waals surface area contributed by atoms with E-state index in [1.165, 1.54) is 30.0 Å². The molecular weight excluding hydrogens is 386 g/mol. The Hall–Kier alpha value is -2.52. The minimum absolute atomic E-state index is 0.0160. The summed E-state index contributed by atoms with van der Waals surface area (Å²) in [6.07, 6.45) is 1.47. The molecule has 3 heterocycles. The number of ether oxygens (including phenoxy) is 1. The fraction of sp³-hybridized carbons (Fsp3) is 0.316. The molecule has 4 rings (SSSR count). The average molecular weight is 404 g/mol. The number of nitrogens with one attached hydrogen (secondary N) is 1. The molecule has 3 N–H and O–H groups in total. The first kappa shape index (κ1) is 18.8. The zero-order valence-electron chi connectivity index (χ0n) is 14.8. The fourth-order valence-corrected chi connectivity index (χ4v) is 4.57. The monoisotopic (exact) mass is 404 g/mol. The number of amides is 1. The highest BCUT2D eigenvalue weighted by Crippen LogP contribution is 2.46. The van der Waals surface area contributed by atoms with Crippen LogP contribution in [0.2, 0.25) is 0 Å². The summed E-state index contributed by atoms with van der Waals surface area (Å²) < 4.78 is 33.4. The first-order chi connectivity index (χ1) is 13.5. The van der Waals surface area contributed by atoms with E-state index in [4.69, 9.17) is 10.5 Å². The second-order valence-electron chi connectivity index (χ2n) is 6.72. The molecule has 28 heavy (non-hydrogen) atoms. The van der Waals surface area contributed by atoms with Crippen molar-refractivity contribution in [2.24, 2.45) is 16.6 Å². The number of thioether (sulfide) groups is 1. The molecule has 0 spiro atoms. The molecule has 2 atom stereocenters. The van der Waals surface area contributed by atoms with Crippen LogP contribution in [0.25, 0.3) is 0 Å². The van der Waals surface area contributed by atoms with Crippen molar-refractivity contribution in [1.29, 1.82) is 0 Å². The van der Waals surface area contributed by atoms with Gasteiger partial charge in [0.25, 0.3) is 5.91 Å². The molecule has 1 saturated heterocycles. The largest absolute Gasteiger partial charge is 0.381 e. The maximum absolute atomic E-state index is 14.8. The third kappa shape index (κ3) is 3.47. The van der Waals surface area contributed by atoms with E-state index >= 15 is 0 Å². The van der Waals surface area contributed by atoms with Crippen molar-refractivity contribution in [3.8, 4) is 0 Å². The number of aliphatic imine (C=N–C) groups is 1. The van der Waals surface area contributed by atoms with E-state index in [1.54, 1.807) is 6.07 Å². The standard InChI is InChI=1S/C19H18F2N4O2S/c20-12-1-4-16(23-8-12)17(26)24-13-2-3-15(21)14(7-13)19-5-6-27-9-11(19)10-28-18(22)25-19/h1-4,7-8,11H,5-6,9-10H2,(H2,22,25)(H,24,26)/t11?,19-/m0/s1. The Bertz CT molecular complexity index is 938. The van der Waals surface area contributed by atoms with Crippen molar-refractivity contribution in [2.45, 2.75) is 12.0 Å². The number of hydrogen-bond donors (Lipinski definition) is 2. The van der Waals surface area contributed by atoms with Crippen molar-refractivity contribution >= 4 is 28.5 Å². The number of aromatic nitrogens is 1. The van der Waals surface area contributed by atoms with Gasteiger partial charge in [-0.25, -0.2) is 13.8 Å². The Labute approximate surface area is 164 Å². The van der Waals surface area contributed by atoms with Gasteiger partial charge in [0, 0.05) is 35.9 Å². The summed E-state index contributed by atoms with van der Waals surface area (Å²) >= 11 is 1.43. The van der Waals surface area contributed by atoms with E-state index in [2.05, 4.69) is 15.3 Å². The van der Waals surface area contributed by atoms with Crippen LogP contribution in [0.4, 0.5) is 14.5 Å². The minimum Gasteiger partial charge on any atom is -0.381 e. The quantitative estimate of drug-likeness (QED) is 0.821. The van der Waals surface area contributed by atoms with E-state index in [0.717, 1.165) is 12.3 Å². The molecule has 1 amide bonds. The first-order valence-electron chi connectivity index (χ1n) is 8.77. The lowest BCUT2D eigenvalue weighted by Gasteiger charge is -2.44. The molecule has 1 unspecified atom stereocenters. The van der Waals surface area contributed by atoms with Gasteiger partial charge in [0.1, 0.15) is 17.3 Å². The molecule has 1 aromatic carbocycles. The first-order valence-corrected chi connectivity index (χ1v) is 9.75. The average Bonchev–Trinajstić information content (AvgIpc) is 2.69. The third-order valence-electron chi connectivity index (χ3n) is 5.01. The summed E-state index contributed by atoms with van der Waals surface area (Å²) in [6.45, 7) is 0.923. The highest BCUT2D eigenvalue weighted by Gasteiger charge is 2.47. The Balaban J connectivity index is 1.68. The van der Waals surface area contributed by atoms with Crippen molar-refractivity contribution in [1.82, 2.24) is 4.98 Å². The Kier molecular flexibility index (Phi) is 5.03. The van der Waals surface area contributed by atoms with Crippen LogP contribution in [0.5, 0.6) is 0 Å². The maximum Gasteiger partial charge on any atom is 0.274 e. The molecule has 146 valence electrons. The summed E-state index contributed by atoms with van der Waals surface area (Å²) in [6, 6.07) is 6.79. The van der Waals surface area contributed by atoms with Crippen molar-refractivity contribution in [2.75, 3.05) is 24.3 Å². The van der Waals surface area contributed by atoms with Crippen LogP contribution in [0.3, 0.4) is 0 Å². The van der Waals surface area contributed by atoms with Gasteiger partial charge in [0.05, 0.1) is 18.3 Å². The number of pyridine rings is 1. The zero-order chi connectivity index (χ0) is 19.7. The van der Waals surface area contributed by atoms with Crippen molar-refractivity contribution in [3.05, 3.63) is 59.4 Å². The van der Waals surface area contributed by atoms with Crippen LogP contribution in [0.1, 0.15) is 22.5 Å². The van der Waals surface area contributed by atoms with Gasteiger partial charge in [-0.15, -0.1) is 0 Å². The molecule has 0 saturated carbocycles. The second kappa shape index (κ2) is 7.48. The number of fused-ring (bicyclic) bond motifs is 1. The Morgan fingerprint density at radius 3 is 2.96 bits per heavy atom. The summed E-state index contributed by atoms with van der Waals surface area (Å²) in [4.78, 5) is 20.8. The van der Waals surface area contributed by atoms with Crippen molar-refractivity contribution in [3.63, 3.8) is 0 Å². The topological polar surface area (TPSA) is 89.6 Å². The molecule has 1 aromatic heterocycles. The zero-order valence-corrected chi connectivity index (χ0v) is 15.6. The van der Waals surface area contributed by atoms with Gasteiger partial charge < -0.3 is 15.8 Å². The van der Waals surface area contributed by atoms with Crippen LogP contribution >= 0.6 is 11.8 Å².